The number of fused-ring (bicyclic) bond motifs is 1. The molecule has 0 spiro atoms. The summed E-state index contributed by atoms with van der Waals surface area (Å²) in [6.45, 7) is 5.24. The monoisotopic (exact) mass is 679 g/mol. The summed E-state index contributed by atoms with van der Waals surface area (Å²) in [6, 6.07) is 11.3. The molecule has 0 aliphatic carbocycles. The summed E-state index contributed by atoms with van der Waals surface area (Å²) in [7, 11) is 0. The third-order valence-corrected chi connectivity index (χ3v) is 9.25. The third kappa shape index (κ3) is 11.2. The van der Waals surface area contributed by atoms with Gasteiger partial charge < -0.3 is 37.1 Å². The van der Waals surface area contributed by atoms with Gasteiger partial charge in [-0.3, -0.25) is 24.2 Å². The first-order chi connectivity index (χ1) is 23.5. The van der Waals surface area contributed by atoms with E-state index in [1.807, 2.05) is 19.9 Å². The standard InChI is InChI=1S/C36H50FN7O5/c1-23(2)30-22-49-31-12-6-4-9-26(31)33(46)42-29(15-16-32(45)41-28(34(47)43-30)11-7-19-40-36(38)39)35(48)44-20-17-24(18-21-44)13-14-25-8-3-5-10-27(25)37/h3-6,8-10,12,23-24,28-30H,7,11,13-22H2,1-2H3,(H,41,45)(H,42,46)(H,43,47)(H4,38,39,40)/t28-,29-,30-/m0/s1. The molecule has 4 rings (SSSR count). The molecule has 49 heavy (non-hydrogen) atoms. The first-order valence-electron chi connectivity index (χ1n) is 17.2. The van der Waals surface area contributed by atoms with Gasteiger partial charge in [0.25, 0.3) is 5.91 Å². The van der Waals surface area contributed by atoms with Gasteiger partial charge in [0.05, 0.1) is 11.6 Å². The summed E-state index contributed by atoms with van der Waals surface area (Å²) < 4.78 is 20.2. The summed E-state index contributed by atoms with van der Waals surface area (Å²) >= 11 is 0. The summed E-state index contributed by atoms with van der Waals surface area (Å²) in [4.78, 5) is 60.0. The topological polar surface area (TPSA) is 181 Å². The van der Waals surface area contributed by atoms with Gasteiger partial charge in [0, 0.05) is 26.1 Å². The van der Waals surface area contributed by atoms with Gasteiger partial charge >= 0.3 is 0 Å². The van der Waals surface area contributed by atoms with Crippen LogP contribution in [0.15, 0.2) is 53.5 Å². The Morgan fingerprint density at radius 3 is 2.41 bits per heavy atom. The molecule has 0 radical (unpaired) electrons. The Labute approximate surface area is 287 Å². The van der Waals surface area contributed by atoms with Gasteiger partial charge in [-0.05, 0) is 80.5 Å². The lowest BCUT2D eigenvalue weighted by molar-refractivity contribution is -0.135. The Morgan fingerprint density at radius 2 is 1.69 bits per heavy atom. The number of amides is 4. The van der Waals surface area contributed by atoms with Crippen molar-refractivity contribution in [3.63, 3.8) is 0 Å². The highest BCUT2D eigenvalue weighted by Crippen LogP contribution is 2.25. The third-order valence-electron chi connectivity index (χ3n) is 9.25. The van der Waals surface area contributed by atoms with Crippen LogP contribution in [0.25, 0.3) is 0 Å². The Bertz CT molecular complexity index is 1470. The van der Waals surface area contributed by atoms with Crippen molar-refractivity contribution in [1.29, 1.82) is 0 Å². The molecule has 0 bridgehead atoms. The number of halogens is 1. The number of nitrogens with two attached hydrogens (primary N) is 2. The fourth-order valence-corrected chi connectivity index (χ4v) is 6.17. The Morgan fingerprint density at radius 1 is 0.980 bits per heavy atom. The highest BCUT2D eigenvalue weighted by Gasteiger charge is 2.32. The Kier molecular flexibility index (Phi) is 13.8. The van der Waals surface area contributed by atoms with Gasteiger partial charge in [-0.2, -0.15) is 0 Å². The highest BCUT2D eigenvalue weighted by molar-refractivity contribution is 6.00. The second kappa shape index (κ2) is 18.2. The number of para-hydroxylation sites is 1. The van der Waals surface area contributed by atoms with E-state index in [-0.39, 0.29) is 67.5 Å². The van der Waals surface area contributed by atoms with Crippen LogP contribution < -0.4 is 32.2 Å². The fourth-order valence-electron chi connectivity index (χ4n) is 6.17. The summed E-state index contributed by atoms with van der Waals surface area (Å²) in [6.07, 6.45) is 3.62. The number of aryl methyl sites for hydroxylation is 1. The molecule has 4 amide bonds. The van der Waals surface area contributed by atoms with E-state index in [0.29, 0.717) is 43.2 Å². The molecule has 1 saturated heterocycles. The molecule has 7 N–H and O–H groups in total. The molecule has 1 fully saturated rings. The maximum Gasteiger partial charge on any atom is 0.255 e. The number of rotatable bonds is 9. The first kappa shape index (κ1) is 37.1. The van der Waals surface area contributed by atoms with E-state index in [4.69, 9.17) is 16.2 Å². The van der Waals surface area contributed by atoms with E-state index in [9.17, 15) is 23.6 Å². The van der Waals surface area contributed by atoms with Crippen molar-refractivity contribution >= 4 is 29.6 Å². The van der Waals surface area contributed by atoms with Crippen molar-refractivity contribution in [2.45, 2.75) is 83.3 Å². The maximum absolute atomic E-state index is 14.1. The highest BCUT2D eigenvalue weighted by atomic mass is 19.1. The van der Waals surface area contributed by atoms with Crippen molar-refractivity contribution in [3.05, 3.63) is 65.5 Å². The lowest BCUT2D eigenvalue weighted by Crippen LogP contribution is -2.53. The van der Waals surface area contributed by atoms with Gasteiger partial charge in [-0.15, -0.1) is 0 Å². The van der Waals surface area contributed by atoms with Crippen LogP contribution in [0.1, 0.15) is 74.7 Å². The molecule has 2 aliphatic rings. The Balaban J connectivity index is 1.49. The molecule has 13 heteroatoms. The minimum atomic E-state index is -0.982. The number of carbonyl (C=O) groups excluding carboxylic acids is 4. The number of piperidine rings is 1. The molecule has 0 saturated carbocycles. The molecule has 2 aromatic rings. The number of ether oxygens (including phenoxy) is 1. The predicted octanol–water partition coefficient (Wildman–Crippen LogP) is 2.65. The molecule has 2 heterocycles. The Hall–Kier alpha value is -4.68. The molecule has 2 aliphatic heterocycles. The number of guanidine groups is 1. The van der Waals surface area contributed by atoms with E-state index in [1.54, 1.807) is 41.3 Å². The predicted molar refractivity (Wildman–Crippen MR) is 185 cm³/mol. The van der Waals surface area contributed by atoms with Crippen molar-refractivity contribution in [3.8, 4) is 5.75 Å². The van der Waals surface area contributed by atoms with E-state index in [1.165, 1.54) is 6.07 Å². The second-order valence-corrected chi connectivity index (χ2v) is 13.2. The number of benzene rings is 2. The van der Waals surface area contributed by atoms with Crippen molar-refractivity contribution in [2.75, 3.05) is 26.2 Å². The number of aliphatic imine (C=N–C) groups is 1. The van der Waals surface area contributed by atoms with Crippen LogP contribution in [0.2, 0.25) is 0 Å². The van der Waals surface area contributed by atoms with E-state index in [2.05, 4.69) is 20.9 Å². The number of nitrogens with one attached hydrogen (secondary N) is 3. The zero-order chi connectivity index (χ0) is 35.3. The zero-order valence-corrected chi connectivity index (χ0v) is 28.5. The molecule has 0 unspecified atom stereocenters. The van der Waals surface area contributed by atoms with Crippen LogP contribution in [-0.2, 0) is 20.8 Å². The van der Waals surface area contributed by atoms with Crippen LogP contribution in [0.5, 0.6) is 5.75 Å². The minimum Gasteiger partial charge on any atom is -0.491 e. The minimum absolute atomic E-state index is 0.0238. The van der Waals surface area contributed by atoms with Gasteiger partial charge in [0.15, 0.2) is 5.96 Å². The number of likely N-dealkylation sites (tertiary alicyclic amines) is 1. The fraction of sp³-hybridized carbons (Fsp3) is 0.528. The van der Waals surface area contributed by atoms with Crippen LogP contribution in [0.4, 0.5) is 4.39 Å². The number of carbonyl (C=O) groups is 4. The van der Waals surface area contributed by atoms with Gasteiger partial charge in [0.1, 0.15) is 30.3 Å². The van der Waals surface area contributed by atoms with Crippen LogP contribution in [0.3, 0.4) is 0 Å². The molecule has 2 aromatic carbocycles. The first-order valence-corrected chi connectivity index (χ1v) is 17.2. The van der Waals surface area contributed by atoms with Crippen molar-refractivity contribution in [2.24, 2.45) is 28.3 Å². The molecular formula is C36H50FN7O5. The number of hydrogen-bond donors (Lipinski definition) is 5. The van der Waals surface area contributed by atoms with Crippen LogP contribution in [0, 0.1) is 17.7 Å². The van der Waals surface area contributed by atoms with Gasteiger partial charge in [-0.1, -0.05) is 44.2 Å². The zero-order valence-electron chi connectivity index (χ0n) is 28.5. The SMILES string of the molecule is CC(C)[C@@H]1COc2ccccc2C(=O)N[C@H](C(=O)N2CCC(CCc3ccccc3F)CC2)CCC(=O)N[C@@H](CCCN=C(N)N)C(=O)N1. The quantitative estimate of drug-likeness (QED) is 0.153. The summed E-state index contributed by atoms with van der Waals surface area (Å²) in [5, 5.41) is 8.70. The normalized spacial score (nSPS) is 21.3. The van der Waals surface area contributed by atoms with E-state index in [0.717, 1.165) is 19.3 Å². The van der Waals surface area contributed by atoms with Crippen molar-refractivity contribution < 1.29 is 28.3 Å². The van der Waals surface area contributed by atoms with Crippen LogP contribution in [-0.4, -0.2) is 78.9 Å². The number of hydrogen-bond acceptors (Lipinski definition) is 6. The van der Waals surface area contributed by atoms with Crippen LogP contribution >= 0.6 is 0 Å². The van der Waals surface area contributed by atoms with Gasteiger partial charge in [-0.25, -0.2) is 4.39 Å². The summed E-state index contributed by atoms with van der Waals surface area (Å²) in [5.74, 6) is -1.19. The molecule has 12 nitrogen and oxygen atoms in total. The largest absolute Gasteiger partial charge is 0.491 e. The molecule has 0 aromatic heterocycles. The average Bonchev–Trinajstić information content (AvgIpc) is 3.08. The van der Waals surface area contributed by atoms with Gasteiger partial charge in [0.2, 0.25) is 17.7 Å². The van der Waals surface area contributed by atoms with E-state index >= 15 is 0 Å². The number of nitrogens with zero attached hydrogens (tertiary/aromatic N) is 2. The van der Waals surface area contributed by atoms with Crippen molar-refractivity contribution in [1.82, 2.24) is 20.9 Å². The molecule has 266 valence electrons. The summed E-state index contributed by atoms with van der Waals surface area (Å²) in [5.41, 5.74) is 11.8. The molecular weight excluding hydrogens is 629 g/mol. The maximum atomic E-state index is 14.1. The average molecular weight is 680 g/mol. The second-order valence-electron chi connectivity index (χ2n) is 13.2. The lowest BCUT2D eigenvalue weighted by atomic mass is 9.90. The van der Waals surface area contributed by atoms with E-state index < -0.39 is 29.9 Å². The molecule has 3 atom stereocenters. The lowest BCUT2D eigenvalue weighted by Gasteiger charge is -2.34. The smallest absolute Gasteiger partial charge is 0.255 e.